The molecule has 4 nitrogen and oxygen atoms in total. The number of nitrogens with zero attached hydrogens (tertiary/aromatic N) is 1. The molecule has 1 aliphatic rings. The standard InChI is InChI=1S/C11H23N3O.ClH/c1-12-9-11(15)13-6-3-10-4-7-14(2)8-5-10;/h10,12H,3-9H2,1-2H3,(H,13,15);1H. The Morgan fingerprint density at radius 1 is 1.38 bits per heavy atom. The summed E-state index contributed by atoms with van der Waals surface area (Å²) < 4.78 is 0. The van der Waals surface area contributed by atoms with Crippen LogP contribution in [0.5, 0.6) is 0 Å². The molecule has 0 aromatic rings. The van der Waals surface area contributed by atoms with Gasteiger partial charge in [0.05, 0.1) is 6.54 Å². The molecule has 1 aliphatic heterocycles. The highest BCUT2D eigenvalue weighted by molar-refractivity contribution is 5.85. The van der Waals surface area contributed by atoms with Gasteiger partial charge in [0.15, 0.2) is 0 Å². The predicted octanol–water partition coefficient (Wildman–Crippen LogP) is 0.476. The van der Waals surface area contributed by atoms with E-state index >= 15 is 0 Å². The highest BCUT2D eigenvalue weighted by Crippen LogP contribution is 2.18. The SMILES string of the molecule is CNCC(=O)NCCC1CCN(C)CC1.Cl. The summed E-state index contributed by atoms with van der Waals surface area (Å²) in [6.45, 7) is 3.66. The maximum absolute atomic E-state index is 11.2. The van der Waals surface area contributed by atoms with E-state index < -0.39 is 0 Å². The number of nitrogens with one attached hydrogen (secondary N) is 2. The Kier molecular flexibility index (Phi) is 8.61. The Morgan fingerprint density at radius 2 is 2.00 bits per heavy atom. The number of piperidine rings is 1. The predicted molar refractivity (Wildman–Crippen MR) is 69.0 cm³/mol. The minimum atomic E-state index is 0. The number of carbonyl (C=O) groups is 1. The molecule has 0 aromatic heterocycles. The average molecular weight is 250 g/mol. The largest absolute Gasteiger partial charge is 0.355 e. The lowest BCUT2D eigenvalue weighted by Gasteiger charge is -2.28. The van der Waals surface area contributed by atoms with Crippen LogP contribution >= 0.6 is 12.4 Å². The number of hydrogen-bond donors (Lipinski definition) is 2. The lowest BCUT2D eigenvalue weighted by atomic mass is 9.94. The average Bonchev–Trinajstić information content (AvgIpc) is 2.21. The first-order valence-corrected chi connectivity index (χ1v) is 5.82. The molecule has 16 heavy (non-hydrogen) atoms. The molecule has 0 aliphatic carbocycles. The lowest BCUT2D eigenvalue weighted by molar-refractivity contribution is -0.120. The van der Waals surface area contributed by atoms with Crippen LogP contribution in [0, 0.1) is 5.92 Å². The van der Waals surface area contributed by atoms with E-state index in [-0.39, 0.29) is 18.3 Å². The number of amides is 1. The van der Waals surface area contributed by atoms with Crippen molar-refractivity contribution in [2.75, 3.05) is 40.3 Å². The smallest absolute Gasteiger partial charge is 0.233 e. The zero-order chi connectivity index (χ0) is 11.1. The van der Waals surface area contributed by atoms with Crippen LogP contribution in [0.25, 0.3) is 0 Å². The third kappa shape index (κ3) is 6.30. The molecule has 0 unspecified atom stereocenters. The Hall–Kier alpha value is -0.320. The van der Waals surface area contributed by atoms with Gasteiger partial charge in [-0.1, -0.05) is 0 Å². The van der Waals surface area contributed by atoms with Gasteiger partial charge in [-0.25, -0.2) is 0 Å². The summed E-state index contributed by atoms with van der Waals surface area (Å²) in [7, 11) is 3.96. The van der Waals surface area contributed by atoms with Gasteiger partial charge in [-0.2, -0.15) is 0 Å². The van der Waals surface area contributed by atoms with E-state index in [2.05, 4.69) is 22.6 Å². The van der Waals surface area contributed by atoms with Crippen LogP contribution in [-0.4, -0.2) is 51.1 Å². The van der Waals surface area contributed by atoms with Crippen molar-refractivity contribution >= 4 is 18.3 Å². The molecule has 1 fully saturated rings. The van der Waals surface area contributed by atoms with Crippen molar-refractivity contribution in [1.29, 1.82) is 0 Å². The molecule has 96 valence electrons. The van der Waals surface area contributed by atoms with E-state index in [1.807, 2.05) is 0 Å². The van der Waals surface area contributed by atoms with Gasteiger partial charge in [0.1, 0.15) is 0 Å². The molecule has 0 atom stereocenters. The highest BCUT2D eigenvalue weighted by Gasteiger charge is 2.16. The first-order chi connectivity index (χ1) is 7.22. The van der Waals surface area contributed by atoms with Crippen molar-refractivity contribution in [3.05, 3.63) is 0 Å². The normalized spacial score (nSPS) is 17.9. The van der Waals surface area contributed by atoms with Crippen LogP contribution in [0.2, 0.25) is 0 Å². The van der Waals surface area contributed by atoms with Crippen molar-refractivity contribution in [2.45, 2.75) is 19.3 Å². The Balaban J connectivity index is 0.00000225. The van der Waals surface area contributed by atoms with Crippen LogP contribution in [-0.2, 0) is 4.79 Å². The molecule has 0 bridgehead atoms. The third-order valence-electron chi connectivity index (χ3n) is 3.05. The summed E-state index contributed by atoms with van der Waals surface area (Å²) in [5, 5.41) is 5.77. The maximum atomic E-state index is 11.2. The number of hydrogen-bond acceptors (Lipinski definition) is 3. The van der Waals surface area contributed by atoms with E-state index in [9.17, 15) is 4.79 Å². The molecule has 0 spiro atoms. The van der Waals surface area contributed by atoms with Gasteiger partial charge in [0.25, 0.3) is 0 Å². The molecule has 1 rings (SSSR count). The zero-order valence-electron chi connectivity index (χ0n) is 10.3. The molecular formula is C11H24ClN3O. The molecule has 0 radical (unpaired) electrons. The van der Waals surface area contributed by atoms with Crippen LogP contribution < -0.4 is 10.6 Å². The van der Waals surface area contributed by atoms with Gasteiger partial charge in [-0.3, -0.25) is 4.79 Å². The van der Waals surface area contributed by atoms with Crippen molar-refractivity contribution in [1.82, 2.24) is 15.5 Å². The number of rotatable bonds is 5. The van der Waals surface area contributed by atoms with E-state index in [0.717, 1.165) is 18.9 Å². The van der Waals surface area contributed by atoms with E-state index in [1.54, 1.807) is 7.05 Å². The highest BCUT2D eigenvalue weighted by atomic mass is 35.5. The first-order valence-electron chi connectivity index (χ1n) is 5.82. The monoisotopic (exact) mass is 249 g/mol. The number of likely N-dealkylation sites (N-methyl/N-ethyl adjacent to an activating group) is 1. The van der Waals surface area contributed by atoms with Crippen molar-refractivity contribution in [2.24, 2.45) is 5.92 Å². The van der Waals surface area contributed by atoms with Crippen molar-refractivity contribution < 1.29 is 4.79 Å². The molecule has 1 amide bonds. The number of likely N-dealkylation sites (tertiary alicyclic amines) is 1. The van der Waals surface area contributed by atoms with E-state index in [1.165, 1.54) is 25.9 Å². The summed E-state index contributed by atoms with van der Waals surface area (Å²) >= 11 is 0. The topological polar surface area (TPSA) is 44.4 Å². The minimum Gasteiger partial charge on any atom is -0.355 e. The molecule has 2 N–H and O–H groups in total. The second-order valence-electron chi connectivity index (χ2n) is 4.42. The maximum Gasteiger partial charge on any atom is 0.233 e. The molecule has 1 heterocycles. The van der Waals surface area contributed by atoms with Crippen LogP contribution in [0.15, 0.2) is 0 Å². The Labute approximate surface area is 105 Å². The third-order valence-corrected chi connectivity index (χ3v) is 3.05. The van der Waals surface area contributed by atoms with Gasteiger partial charge in [0.2, 0.25) is 5.91 Å². The summed E-state index contributed by atoms with van der Waals surface area (Å²) in [6, 6.07) is 0. The lowest BCUT2D eigenvalue weighted by Crippen LogP contribution is -2.35. The second-order valence-corrected chi connectivity index (χ2v) is 4.42. The minimum absolute atomic E-state index is 0. The fraction of sp³-hybridized carbons (Fsp3) is 0.909. The first kappa shape index (κ1) is 15.7. The van der Waals surface area contributed by atoms with Crippen LogP contribution in [0.4, 0.5) is 0 Å². The molecular weight excluding hydrogens is 226 g/mol. The van der Waals surface area contributed by atoms with Crippen LogP contribution in [0.3, 0.4) is 0 Å². The number of carbonyl (C=O) groups excluding carboxylic acids is 1. The Morgan fingerprint density at radius 3 is 2.56 bits per heavy atom. The summed E-state index contributed by atoms with van der Waals surface area (Å²) in [5.41, 5.74) is 0. The molecule has 0 saturated carbocycles. The van der Waals surface area contributed by atoms with Crippen molar-refractivity contribution in [3.8, 4) is 0 Å². The van der Waals surface area contributed by atoms with Gasteiger partial charge in [-0.05, 0) is 52.4 Å². The van der Waals surface area contributed by atoms with E-state index in [4.69, 9.17) is 0 Å². The molecule has 1 saturated heterocycles. The van der Waals surface area contributed by atoms with Gasteiger partial charge >= 0.3 is 0 Å². The number of halogens is 1. The van der Waals surface area contributed by atoms with Crippen LogP contribution in [0.1, 0.15) is 19.3 Å². The zero-order valence-corrected chi connectivity index (χ0v) is 11.1. The Bertz CT molecular complexity index is 194. The molecule has 0 aromatic carbocycles. The second kappa shape index (κ2) is 8.79. The van der Waals surface area contributed by atoms with Gasteiger partial charge in [0, 0.05) is 6.54 Å². The summed E-state index contributed by atoms with van der Waals surface area (Å²) in [5.74, 6) is 0.904. The van der Waals surface area contributed by atoms with Gasteiger partial charge in [-0.15, -0.1) is 12.4 Å². The molecule has 5 heteroatoms. The van der Waals surface area contributed by atoms with Crippen molar-refractivity contribution in [3.63, 3.8) is 0 Å². The van der Waals surface area contributed by atoms with Gasteiger partial charge < -0.3 is 15.5 Å². The summed E-state index contributed by atoms with van der Waals surface area (Å²) in [6.07, 6.45) is 3.68. The van der Waals surface area contributed by atoms with E-state index in [0.29, 0.717) is 6.54 Å². The summed E-state index contributed by atoms with van der Waals surface area (Å²) in [4.78, 5) is 13.5. The fourth-order valence-corrected chi connectivity index (χ4v) is 1.99. The quantitative estimate of drug-likeness (QED) is 0.745. The fourth-order valence-electron chi connectivity index (χ4n) is 1.99.